The molecule has 0 spiro atoms. The fourth-order valence-electron chi connectivity index (χ4n) is 2.00. The molecular weight excluding hydrogens is 266 g/mol. The number of rotatable bonds is 5. The predicted octanol–water partition coefficient (Wildman–Crippen LogP) is 0.572. The second kappa shape index (κ2) is 7.47. The number of nitrogens with one attached hydrogen (secondary N) is 2. The van der Waals surface area contributed by atoms with Crippen molar-refractivity contribution in [1.82, 2.24) is 10.2 Å². The van der Waals surface area contributed by atoms with Gasteiger partial charge in [-0.15, -0.1) is 0 Å². The van der Waals surface area contributed by atoms with Gasteiger partial charge >= 0.3 is 0 Å². The van der Waals surface area contributed by atoms with Crippen molar-refractivity contribution >= 4 is 21.5 Å². The van der Waals surface area contributed by atoms with Crippen LogP contribution in [0.4, 0.5) is 0 Å². The maximum absolute atomic E-state index is 11.8. The van der Waals surface area contributed by atoms with Crippen molar-refractivity contribution in [2.24, 2.45) is 0 Å². The number of nitrogens with zero attached hydrogens (tertiary/aromatic N) is 1. The molecule has 0 bridgehead atoms. The lowest BCUT2D eigenvalue weighted by Crippen LogP contribution is -2.42. The molecule has 0 aliphatic carbocycles. The Morgan fingerprint density at radius 1 is 1.37 bits per heavy atom. The summed E-state index contributed by atoms with van der Waals surface area (Å²) in [5, 5.41) is 2.61. The van der Waals surface area contributed by atoms with Gasteiger partial charge in [-0.1, -0.05) is 12.8 Å². The molecule has 0 radical (unpaired) electrons. The van der Waals surface area contributed by atoms with Crippen LogP contribution in [0.2, 0.25) is 0 Å². The van der Waals surface area contributed by atoms with Gasteiger partial charge in [0, 0.05) is 41.2 Å². The van der Waals surface area contributed by atoms with Crippen LogP contribution in [-0.4, -0.2) is 52.6 Å². The van der Waals surface area contributed by atoms with Crippen molar-refractivity contribution in [2.75, 3.05) is 31.6 Å². The van der Waals surface area contributed by atoms with Gasteiger partial charge in [-0.2, -0.15) is 0 Å². The van der Waals surface area contributed by atoms with E-state index in [2.05, 4.69) is 5.32 Å². The number of hydrogen-bond donors (Lipinski definition) is 2. The van der Waals surface area contributed by atoms with Crippen LogP contribution in [0, 0.1) is 4.78 Å². The van der Waals surface area contributed by atoms with Gasteiger partial charge in [0.2, 0.25) is 11.8 Å². The molecule has 1 atom stereocenters. The van der Waals surface area contributed by atoms with Crippen LogP contribution in [0.25, 0.3) is 0 Å². The van der Waals surface area contributed by atoms with Crippen LogP contribution in [0.3, 0.4) is 0 Å². The molecule has 2 amide bonds. The summed E-state index contributed by atoms with van der Waals surface area (Å²) in [6.45, 7) is 0.927. The van der Waals surface area contributed by atoms with Crippen molar-refractivity contribution in [1.29, 1.82) is 4.78 Å². The summed E-state index contributed by atoms with van der Waals surface area (Å²) < 4.78 is 18.4. The summed E-state index contributed by atoms with van der Waals surface area (Å²) in [5.74, 6) is -0.0561. The molecule has 1 aliphatic rings. The predicted molar refractivity (Wildman–Crippen MR) is 74.3 cm³/mol. The Morgan fingerprint density at radius 2 is 2.05 bits per heavy atom. The van der Waals surface area contributed by atoms with E-state index in [1.807, 2.05) is 0 Å². The van der Waals surface area contributed by atoms with E-state index in [4.69, 9.17) is 4.78 Å². The van der Waals surface area contributed by atoms with Crippen molar-refractivity contribution in [3.63, 3.8) is 0 Å². The minimum absolute atomic E-state index is 0.0367. The molecule has 0 aromatic heterocycles. The fraction of sp³-hybridized carbons (Fsp3) is 0.833. The van der Waals surface area contributed by atoms with E-state index in [1.165, 1.54) is 6.26 Å². The van der Waals surface area contributed by atoms with Gasteiger partial charge in [-0.3, -0.25) is 18.6 Å². The highest BCUT2D eigenvalue weighted by Crippen LogP contribution is 2.11. The highest BCUT2D eigenvalue weighted by Gasteiger charge is 2.18. The summed E-state index contributed by atoms with van der Waals surface area (Å²) in [6.07, 6.45) is 5.88. The molecular formula is C12H23N3O3S. The Balaban J connectivity index is 2.35. The summed E-state index contributed by atoms with van der Waals surface area (Å²) in [4.78, 5) is 25.1. The molecule has 19 heavy (non-hydrogen) atoms. The average Bonchev–Trinajstić information content (AvgIpc) is 2.27. The Bertz CT molecular complexity index is 420. The van der Waals surface area contributed by atoms with Gasteiger partial charge in [0.25, 0.3) is 0 Å². The van der Waals surface area contributed by atoms with Crippen LogP contribution in [-0.2, 0) is 19.3 Å². The number of likely N-dealkylation sites (tertiary alicyclic amines) is 1. The standard InChI is InChI=1S/C12H23N3O3S/c1-19(13,18)9-7-14-11(16)10-15-8-5-3-2-4-6-12(15)17/h13H,2-10H2,1H3,(H,14,16). The highest BCUT2D eigenvalue weighted by atomic mass is 32.2. The smallest absolute Gasteiger partial charge is 0.239 e. The number of hydrogen-bond acceptors (Lipinski definition) is 4. The number of carbonyl (C=O) groups is 2. The first-order valence-corrected chi connectivity index (χ1v) is 8.78. The lowest BCUT2D eigenvalue weighted by Gasteiger charge is -2.24. The third kappa shape index (κ3) is 7.15. The second-order valence-electron chi connectivity index (χ2n) is 5.04. The van der Waals surface area contributed by atoms with Gasteiger partial charge in [-0.05, 0) is 12.8 Å². The number of carbonyl (C=O) groups excluding carboxylic acids is 2. The van der Waals surface area contributed by atoms with Crippen LogP contribution in [0.1, 0.15) is 32.1 Å². The Morgan fingerprint density at radius 3 is 2.74 bits per heavy atom. The van der Waals surface area contributed by atoms with Crippen LogP contribution in [0.5, 0.6) is 0 Å². The van der Waals surface area contributed by atoms with Crippen molar-refractivity contribution in [3.8, 4) is 0 Å². The fourth-order valence-corrected chi connectivity index (χ4v) is 2.49. The van der Waals surface area contributed by atoms with E-state index in [9.17, 15) is 13.8 Å². The van der Waals surface area contributed by atoms with Gasteiger partial charge in [0.15, 0.2) is 0 Å². The molecule has 2 N–H and O–H groups in total. The minimum atomic E-state index is -2.57. The third-order valence-electron chi connectivity index (χ3n) is 3.07. The summed E-state index contributed by atoms with van der Waals surface area (Å²) in [6, 6.07) is 0. The van der Waals surface area contributed by atoms with Gasteiger partial charge < -0.3 is 10.2 Å². The zero-order valence-corrected chi connectivity index (χ0v) is 12.3. The van der Waals surface area contributed by atoms with Crippen LogP contribution < -0.4 is 5.32 Å². The minimum Gasteiger partial charge on any atom is -0.354 e. The first kappa shape index (κ1) is 15.9. The lowest BCUT2D eigenvalue weighted by molar-refractivity contribution is -0.136. The zero-order valence-electron chi connectivity index (χ0n) is 11.4. The molecule has 110 valence electrons. The highest BCUT2D eigenvalue weighted by molar-refractivity contribution is 7.91. The van der Waals surface area contributed by atoms with Crippen molar-refractivity contribution < 1.29 is 13.8 Å². The molecule has 0 aromatic rings. The molecule has 1 aliphatic heterocycles. The van der Waals surface area contributed by atoms with E-state index in [1.54, 1.807) is 4.90 Å². The SMILES string of the molecule is CS(=N)(=O)CCNC(=O)CN1CCCCCCC1=O. The molecule has 0 aromatic carbocycles. The zero-order chi connectivity index (χ0) is 14.3. The summed E-state index contributed by atoms with van der Waals surface area (Å²) in [5.41, 5.74) is 0. The molecule has 0 saturated carbocycles. The molecule has 1 fully saturated rings. The summed E-state index contributed by atoms with van der Waals surface area (Å²) >= 11 is 0. The lowest BCUT2D eigenvalue weighted by atomic mass is 10.1. The molecule has 6 nitrogen and oxygen atoms in total. The third-order valence-corrected chi connectivity index (χ3v) is 4.05. The maximum atomic E-state index is 11.8. The van der Waals surface area contributed by atoms with E-state index in [0.29, 0.717) is 13.0 Å². The molecule has 7 heteroatoms. The second-order valence-corrected chi connectivity index (χ2v) is 7.46. The van der Waals surface area contributed by atoms with E-state index < -0.39 is 9.73 Å². The first-order valence-electron chi connectivity index (χ1n) is 6.64. The van der Waals surface area contributed by atoms with E-state index in [-0.39, 0.29) is 30.7 Å². The topological polar surface area (TPSA) is 90.3 Å². The number of amides is 2. The van der Waals surface area contributed by atoms with Gasteiger partial charge in [0.05, 0.1) is 6.54 Å². The van der Waals surface area contributed by atoms with Gasteiger partial charge in [-0.25, -0.2) is 0 Å². The molecule has 1 saturated heterocycles. The average molecular weight is 289 g/mol. The van der Waals surface area contributed by atoms with Crippen LogP contribution >= 0.6 is 0 Å². The van der Waals surface area contributed by atoms with Crippen LogP contribution in [0.15, 0.2) is 0 Å². The Kier molecular flexibility index (Phi) is 6.27. The molecule has 1 heterocycles. The quantitative estimate of drug-likeness (QED) is 0.775. The van der Waals surface area contributed by atoms with E-state index >= 15 is 0 Å². The monoisotopic (exact) mass is 289 g/mol. The molecule has 1 unspecified atom stereocenters. The van der Waals surface area contributed by atoms with Crippen molar-refractivity contribution in [3.05, 3.63) is 0 Å². The Labute approximate surface area is 114 Å². The summed E-state index contributed by atoms with van der Waals surface area (Å²) in [7, 11) is -2.57. The first-order chi connectivity index (χ1) is 8.88. The largest absolute Gasteiger partial charge is 0.354 e. The molecule has 1 rings (SSSR count). The normalized spacial score (nSPS) is 20.3. The van der Waals surface area contributed by atoms with Crippen molar-refractivity contribution in [2.45, 2.75) is 32.1 Å². The maximum Gasteiger partial charge on any atom is 0.239 e. The van der Waals surface area contributed by atoms with Gasteiger partial charge in [0.1, 0.15) is 0 Å². The van der Waals surface area contributed by atoms with E-state index in [0.717, 1.165) is 25.7 Å². The Hall–Kier alpha value is -1.11.